The van der Waals surface area contributed by atoms with E-state index in [0.717, 1.165) is 22.7 Å². The lowest BCUT2D eigenvalue weighted by Crippen LogP contribution is -2.10. The topological polar surface area (TPSA) is 65.2 Å². The van der Waals surface area contributed by atoms with Crippen molar-refractivity contribution in [2.24, 2.45) is 5.73 Å². The molecule has 0 spiro atoms. The molecule has 3 aromatic rings. The van der Waals surface area contributed by atoms with Gasteiger partial charge < -0.3 is 10.5 Å². The lowest BCUT2D eigenvalue weighted by atomic mass is 10.1. The van der Waals surface area contributed by atoms with Gasteiger partial charge in [0, 0.05) is 11.1 Å². The third-order valence-electron chi connectivity index (χ3n) is 4.06. The van der Waals surface area contributed by atoms with Crippen LogP contribution in [-0.2, 0) is 19.2 Å². The third-order valence-corrected chi connectivity index (χ3v) is 5.18. The van der Waals surface area contributed by atoms with E-state index < -0.39 is 17.6 Å². The Hall–Kier alpha value is -2.87. The summed E-state index contributed by atoms with van der Waals surface area (Å²) >= 11 is 1.31. The Kier molecular flexibility index (Phi) is 5.69. The fourth-order valence-corrected chi connectivity index (χ4v) is 3.65. The van der Waals surface area contributed by atoms with Crippen LogP contribution in [0.25, 0.3) is 10.6 Å². The Bertz CT molecular complexity index is 982. The minimum absolute atomic E-state index is 0.232. The molecule has 0 aliphatic heterocycles. The van der Waals surface area contributed by atoms with Gasteiger partial charge in [-0.3, -0.25) is 4.79 Å². The SMILES string of the molecule is CCc1nc(-c2cccc(C(F)(F)F)c2)sc1COc1ccc(C(N)=O)cc1. The Morgan fingerprint density at radius 1 is 1.18 bits per heavy atom. The fourth-order valence-electron chi connectivity index (χ4n) is 2.59. The first-order valence-electron chi connectivity index (χ1n) is 8.46. The number of alkyl halides is 3. The summed E-state index contributed by atoms with van der Waals surface area (Å²) in [5, 5.41) is 0.519. The van der Waals surface area contributed by atoms with E-state index in [1.807, 2.05) is 6.92 Å². The van der Waals surface area contributed by atoms with Crippen molar-refractivity contribution in [3.8, 4) is 16.3 Å². The Morgan fingerprint density at radius 2 is 1.89 bits per heavy atom. The molecule has 8 heteroatoms. The van der Waals surface area contributed by atoms with Crippen molar-refractivity contribution in [2.45, 2.75) is 26.1 Å². The van der Waals surface area contributed by atoms with Crippen LogP contribution in [0.3, 0.4) is 0 Å². The first-order chi connectivity index (χ1) is 13.3. The molecule has 0 atom stereocenters. The van der Waals surface area contributed by atoms with Gasteiger partial charge in [-0.25, -0.2) is 4.98 Å². The van der Waals surface area contributed by atoms with E-state index in [1.54, 1.807) is 30.3 Å². The lowest BCUT2D eigenvalue weighted by molar-refractivity contribution is -0.137. The zero-order valence-electron chi connectivity index (χ0n) is 14.9. The number of carbonyl (C=O) groups is 1. The van der Waals surface area contributed by atoms with Gasteiger partial charge in [0.25, 0.3) is 0 Å². The van der Waals surface area contributed by atoms with Crippen molar-refractivity contribution >= 4 is 17.2 Å². The number of aromatic nitrogens is 1. The first-order valence-corrected chi connectivity index (χ1v) is 9.28. The van der Waals surface area contributed by atoms with E-state index in [0.29, 0.717) is 28.3 Å². The van der Waals surface area contributed by atoms with Gasteiger partial charge in [0.1, 0.15) is 17.4 Å². The van der Waals surface area contributed by atoms with Crippen molar-refractivity contribution in [2.75, 3.05) is 0 Å². The van der Waals surface area contributed by atoms with Crippen LogP contribution >= 0.6 is 11.3 Å². The van der Waals surface area contributed by atoms with Crippen LogP contribution in [-0.4, -0.2) is 10.9 Å². The molecular weight excluding hydrogens is 389 g/mol. The minimum atomic E-state index is -4.40. The van der Waals surface area contributed by atoms with Crippen molar-refractivity contribution < 1.29 is 22.7 Å². The fraction of sp³-hybridized carbons (Fsp3) is 0.200. The van der Waals surface area contributed by atoms with Crippen LogP contribution < -0.4 is 10.5 Å². The monoisotopic (exact) mass is 406 g/mol. The van der Waals surface area contributed by atoms with Gasteiger partial charge in [0.05, 0.1) is 16.1 Å². The molecule has 4 nitrogen and oxygen atoms in total. The molecule has 28 heavy (non-hydrogen) atoms. The van der Waals surface area contributed by atoms with Gasteiger partial charge >= 0.3 is 6.18 Å². The Morgan fingerprint density at radius 3 is 2.50 bits per heavy atom. The van der Waals surface area contributed by atoms with Gasteiger partial charge in [-0.2, -0.15) is 13.2 Å². The molecule has 0 aliphatic carbocycles. The van der Waals surface area contributed by atoms with E-state index in [-0.39, 0.29) is 6.61 Å². The average Bonchev–Trinajstić information content (AvgIpc) is 3.09. The maximum atomic E-state index is 13.0. The molecule has 0 radical (unpaired) electrons. The van der Waals surface area contributed by atoms with Gasteiger partial charge in [0.2, 0.25) is 5.91 Å². The van der Waals surface area contributed by atoms with E-state index in [9.17, 15) is 18.0 Å². The maximum Gasteiger partial charge on any atom is 0.416 e. The van der Waals surface area contributed by atoms with Crippen molar-refractivity contribution in [1.82, 2.24) is 4.98 Å². The standard InChI is InChI=1S/C20H17F3N2O2S/c1-2-16-17(11-27-15-8-6-12(7-9-15)18(24)26)28-19(25-16)13-4-3-5-14(10-13)20(21,22)23/h3-10H,2,11H2,1H3,(H2,24,26). The molecule has 0 saturated heterocycles. The molecular formula is C20H17F3N2O2S. The number of thiazole rings is 1. The second-order valence-electron chi connectivity index (χ2n) is 6.00. The maximum absolute atomic E-state index is 13.0. The van der Waals surface area contributed by atoms with Crippen LogP contribution in [0.4, 0.5) is 13.2 Å². The summed E-state index contributed by atoms with van der Waals surface area (Å²) in [6, 6.07) is 11.5. The number of amides is 1. The van der Waals surface area contributed by atoms with Crippen LogP contribution in [0, 0.1) is 0 Å². The molecule has 2 aromatic carbocycles. The normalized spacial score (nSPS) is 11.4. The van der Waals surface area contributed by atoms with Gasteiger partial charge in [-0.15, -0.1) is 11.3 Å². The molecule has 146 valence electrons. The molecule has 3 rings (SSSR count). The average molecular weight is 406 g/mol. The number of halogens is 3. The highest BCUT2D eigenvalue weighted by Gasteiger charge is 2.30. The number of hydrogen-bond donors (Lipinski definition) is 1. The number of rotatable bonds is 6. The van der Waals surface area contributed by atoms with Crippen molar-refractivity contribution in [1.29, 1.82) is 0 Å². The Labute approximate surface area is 163 Å². The number of ether oxygens (including phenoxy) is 1. The van der Waals surface area contributed by atoms with Gasteiger partial charge in [-0.05, 0) is 42.8 Å². The summed E-state index contributed by atoms with van der Waals surface area (Å²) in [5.41, 5.74) is 6.09. The number of aryl methyl sites for hydroxylation is 1. The minimum Gasteiger partial charge on any atom is -0.488 e. The molecule has 1 heterocycles. The summed E-state index contributed by atoms with van der Waals surface area (Å²) in [6.07, 6.45) is -3.77. The second kappa shape index (κ2) is 8.02. The Balaban J connectivity index is 1.80. The predicted molar refractivity (Wildman–Crippen MR) is 101 cm³/mol. The number of nitrogens with two attached hydrogens (primary N) is 1. The largest absolute Gasteiger partial charge is 0.488 e. The first kappa shape index (κ1) is 19.9. The quantitative estimate of drug-likeness (QED) is 0.622. The highest BCUT2D eigenvalue weighted by Crippen LogP contribution is 2.34. The van der Waals surface area contributed by atoms with E-state index >= 15 is 0 Å². The van der Waals surface area contributed by atoms with Gasteiger partial charge in [-0.1, -0.05) is 19.1 Å². The molecule has 2 N–H and O–H groups in total. The zero-order valence-corrected chi connectivity index (χ0v) is 15.7. The molecule has 0 aliphatic rings. The number of primary amides is 1. The molecule has 0 saturated carbocycles. The summed E-state index contributed by atoms with van der Waals surface area (Å²) in [5.74, 6) is 0.0362. The second-order valence-corrected chi connectivity index (χ2v) is 7.08. The number of hydrogen-bond acceptors (Lipinski definition) is 4. The zero-order chi connectivity index (χ0) is 20.3. The number of benzene rings is 2. The molecule has 0 unspecified atom stereocenters. The summed E-state index contributed by atoms with van der Waals surface area (Å²) in [6.45, 7) is 2.16. The molecule has 1 aromatic heterocycles. The summed E-state index contributed by atoms with van der Waals surface area (Å²) < 4.78 is 44.6. The van der Waals surface area contributed by atoms with Crippen LogP contribution in [0.15, 0.2) is 48.5 Å². The highest BCUT2D eigenvalue weighted by molar-refractivity contribution is 7.15. The van der Waals surface area contributed by atoms with Gasteiger partial charge in [0.15, 0.2) is 0 Å². The molecule has 0 bridgehead atoms. The summed E-state index contributed by atoms with van der Waals surface area (Å²) in [7, 11) is 0. The lowest BCUT2D eigenvalue weighted by Gasteiger charge is -2.07. The number of nitrogens with zero attached hydrogens (tertiary/aromatic N) is 1. The highest BCUT2D eigenvalue weighted by atomic mass is 32.1. The smallest absolute Gasteiger partial charge is 0.416 e. The third kappa shape index (κ3) is 4.51. The predicted octanol–water partition coefficient (Wildman–Crippen LogP) is 5.07. The van der Waals surface area contributed by atoms with E-state index in [1.165, 1.54) is 17.4 Å². The molecule has 1 amide bonds. The van der Waals surface area contributed by atoms with Crippen molar-refractivity contribution in [3.05, 3.63) is 70.2 Å². The number of carbonyl (C=O) groups excluding carboxylic acids is 1. The van der Waals surface area contributed by atoms with Crippen molar-refractivity contribution in [3.63, 3.8) is 0 Å². The van der Waals surface area contributed by atoms with Crippen LogP contribution in [0.1, 0.15) is 33.4 Å². The van der Waals surface area contributed by atoms with E-state index in [2.05, 4.69) is 4.98 Å². The molecule has 0 fully saturated rings. The van der Waals surface area contributed by atoms with Crippen LogP contribution in [0.5, 0.6) is 5.75 Å². The van der Waals surface area contributed by atoms with Crippen LogP contribution in [0.2, 0.25) is 0 Å². The van der Waals surface area contributed by atoms with E-state index in [4.69, 9.17) is 10.5 Å². The summed E-state index contributed by atoms with van der Waals surface area (Å²) in [4.78, 5) is 16.4.